The molecule has 0 bridgehead atoms. The SMILES string of the molecule is Cn1ccnc1NCCN1CCC(=C2c3ccccc3CCn3ccnc32)CC1.NS(=O)(=O)OC1CCCCC1. The van der Waals surface area contributed by atoms with E-state index in [0.29, 0.717) is 0 Å². The fourth-order valence-corrected chi connectivity index (χ4v) is 6.49. The lowest BCUT2D eigenvalue weighted by molar-refractivity contribution is 0.162. The first-order valence-electron chi connectivity index (χ1n) is 14.3. The van der Waals surface area contributed by atoms with Crippen LogP contribution in [0.1, 0.15) is 61.9 Å². The zero-order valence-corrected chi connectivity index (χ0v) is 24.2. The van der Waals surface area contributed by atoms with Gasteiger partial charge in [-0.15, -0.1) is 0 Å². The standard InChI is InChI=1S/C23H28N6.C6H13NO3S/c1-27-15-9-25-23(27)26-10-16-28-12-6-19(7-13-28)21-20-5-3-2-4-18(20)8-14-29-17-11-24-22(21)29;7-11(8,9)10-6-4-2-1-3-5-6/h2-5,9,11,15,17H,6-8,10,12-14,16H2,1H3,(H,25,26);6H,1-5H2,(H2,7,8,9). The molecule has 0 atom stereocenters. The summed E-state index contributed by atoms with van der Waals surface area (Å²) < 4.78 is 29.9. The third-order valence-corrected chi connectivity index (χ3v) is 8.56. The van der Waals surface area contributed by atoms with Crippen molar-refractivity contribution in [2.24, 2.45) is 12.2 Å². The summed E-state index contributed by atoms with van der Waals surface area (Å²) in [6.45, 7) is 5.17. The molecule has 2 aromatic heterocycles. The third-order valence-electron chi connectivity index (χ3n) is 8.02. The molecule has 10 nitrogen and oxygen atoms in total. The van der Waals surface area contributed by atoms with Crippen LogP contribution in [0, 0.1) is 0 Å². The van der Waals surface area contributed by atoms with Gasteiger partial charge in [0.1, 0.15) is 5.82 Å². The van der Waals surface area contributed by atoms with Crippen LogP contribution < -0.4 is 10.5 Å². The zero-order valence-electron chi connectivity index (χ0n) is 23.3. The number of aryl methyl sites for hydroxylation is 3. The highest BCUT2D eigenvalue weighted by Crippen LogP contribution is 2.35. The lowest BCUT2D eigenvalue weighted by atomic mass is 9.90. The van der Waals surface area contributed by atoms with E-state index in [9.17, 15) is 8.42 Å². The molecule has 11 heteroatoms. The van der Waals surface area contributed by atoms with Crippen LogP contribution in [0.5, 0.6) is 0 Å². The molecule has 1 aromatic carbocycles. The third kappa shape index (κ3) is 7.39. The van der Waals surface area contributed by atoms with Crippen LogP contribution in [0.2, 0.25) is 0 Å². The Kier molecular flexibility index (Phi) is 9.36. The van der Waals surface area contributed by atoms with Gasteiger partial charge in [0.2, 0.25) is 5.95 Å². The molecule has 0 spiro atoms. The number of likely N-dealkylation sites (tertiary alicyclic amines) is 1. The van der Waals surface area contributed by atoms with E-state index in [1.807, 2.05) is 30.2 Å². The van der Waals surface area contributed by atoms with Gasteiger partial charge in [-0.05, 0) is 43.2 Å². The second kappa shape index (κ2) is 13.1. The van der Waals surface area contributed by atoms with Gasteiger partial charge >= 0.3 is 10.3 Å². The number of hydrogen-bond acceptors (Lipinski definition) is 7. The summed E-state index contributed by atoms with van der Waals surface area (Å²) in [4.78, 5) is 11.6. The molecule has 3 aromatic rings. The zero-order chi connectivity index (χ0) is 28.0. The smallest absolute Gasteiger partial charge is 0.333 e. The molecular weight excluding hydrogens is 526 g/mol. The molecule has 1 saturated heterocycles. The number of hydrogen-bond donors (Lipinski definition) is 2. The molecule has 2 fully saturated rings. The van der Waals surface area contributed by atoms with Crippen LogP contribution in [0.3, 0.4) is 0 Å². The number of nitrogens with zero attached hydrogens (tertiary/aromatic N) is 5. The van der Waals surface area contributed by atoms with Gasteiger partial charge in [0.05, 0.1) is 6.10 Å². The minimum absolute atomic E-state index is 0.168. The van der Waals surface area contributed by atoms with Gasteiger partial charge in [0, 0.05) is 70.1 Å². The molecule has 3 aliphatic rings. The van der Waals surface area contributed by atoms with E-state index in [4.69, 9.17) is 10.1 Å². The van der Waals surface area contributed by atoms with E-state index in [1.54, 1.807) is 5.57 Å². The summed E-state index contributed by atoms with van der Waals surface area (Å²) in [5.41, 5.74) is 5.77. The number of nitrogens with two attached hydrogens (primary N) is 1. The van der Waals surface area contributed by atoms with E-state index in [-0.39, 0.29) is 6.10 Å². The highest BCUT2D eigenvalue weighted by molar-refractivity contribution is 7.84. The first-order valence-corrected chi connectivity index (χ1v) is 15.8. The number of nitrogens with one attached hydrogen (secondary N) is 1. The maximum absolute atomic E-state index is 10.5. The summed E-state index contributed by atoms with van der Waals surface area (Å²) in [6.07, 6.45) is 15.9. The monoisotopic (exact) mass is 567 g/mol. The lowest BCUT2D eigenvalue weighted by Crippen LogP contribution is -2.35. The molecule has 2 aliphatic heterocycles. The van der Waals surface area contributed by atoms with Gasteiger partial charge in [-0.1, -0.05) is 49.1 Å². The van der Waals surface area contributed by atoms with Gasteiger partial charge in [0.25, 0.3) is 0 Å². The van der Waals surface area contributed by atoms with Crippen molar-refractivity contribution in [3.63, 3.8) is 0 Å². The summed E-state index contributed by atoms with van der Waals surface area (Å²) >= 11 is 0. The van der Waals surface area contributed by atoms with Crippen molar-refractivity contribution in [1.82, 2.24) is 24.0 Å². The minimum Gasteiger partial charge on any atom is -0.354 e. The van der Waals surface area contributed by atoms with Crippen molar-refractivity contribution in [3.05, 3.63) is 71.6 Å². The predicted molar refractivity (Wildman–Crippen MR) is 157 cm³/mol. The topological polar surface area (TPSA) is 120 Å². The van der Waals surface area contributed by atoms with E-state index < -0.39 is 10.3 Å². The second-order valence-corrected chi connectivity index (χ2v) is 12.0. The molecule has 1 saturated carbocycles. The molecule has 0 radical (unpaired) electrons. The van der Waals surface area contributed by atoms with Gasteiger partial charge in [-0.2, -0.15) is 8.42 Å². The molecule has 0 amide bonds. The number of rotatable bonds is 6. The van der Waals surface area contributed by atoms with Crippen molar-refractivity contribution in [1.29, 1.82) is 0 Å². The molecule has 1 aliphatic carbocycles. The molecule has 4 heterocycles. The van der Waals surface area contributed by atoms with Crippen molar-refractivity contribution in [2.75, 3.05) is 31.5 Å². The Labute approximate surface area is 237 Å². The Morgan fingerprint density at radius 3 is 2.48 bits per heavy atom. The molecule has 6 rings (SSSR count). The summed E-state index contributed by atoms with van der Waals surface area (Å²) in [7, 11) is -1.71. The Balaban J connectivity index is 0.000000248. The molecule has 40 heavy (non-hydrogen) atoms. The van der Waals surface area contributed by atoms with Crippen LogP contribution in [-0.2, 0) is 34.5 Å². The Morgan fingerprint density at radius 2 is 1.75 bits per heavy atom. The van der Waals surface area contributed by atoms with Crippen LogP contribution in [0.15, 0.2) is 54.6 Å². The highest BCUT2D eigenvalue weighted by Gasteiger charge is 2.25. The number of imidazole rings is 2. The number of aromatic nitrogens is 4. The predicted octanol–water partition coefficient (Wildman–Crippen LogP) is 3.72. The number of piperidine rings is 1. The van der Waals surface area contributed by atoms with Crippen molar-refractivity contribution >= 4 is 21.8 Å². The van der Waals surface area contributed by atoms with Crippen molar-refractivity contribution < 1.29 is 12.6 Å². The molecule has 3 N–H and O–H groups in total. The first-order chi connectivity index (χ1) is 19.4. The lowest BCUT2D eigenvalue weighted by Gasteiger charge is -2.30. The van der Waals surface area contributed by atoms with E-state index in [1.165, 1.54) is 23.1 Å². The summed E-state index contributed by atoms with van der Waals surface area (Å²) in [5, 5.41) is 8.15. The quantitative estimate of drug-likeness (QED) is 0.466. The number of anilines is 1. The highest BCUT2D eigenvalue weighted by atomic mass is 32.2. The summed E-state index contributed by atoms with van der Waals surface area (Å²) in [5.74, 6) is 2.08. The van der Waals surface area contributed by atoms with Gasteiger partial charge < -0.3 is 19.4 Å². The minimum atomic E-state index is -3.72. The van der Waals surface area contributed by atoms with Crippen molar-refractivity contribution in [3.8, 4) is 0 Å². The van der Waals surface area contributed by atoms with E-state index >= 15 is 0 Å². The first kappa shape index (κ1) is 28.5. The molecule has 216 valence electrons. The average molecular weight is 568 g/mol. The number of benzene rings is 1. The van der Waals surface area contributed by atoms with Gasteiger partial charge in [-0.25, -0.2) is 15.1 Å². The Hall–Kier alpha value is -2.99. The molecular formula is C29H41N7O3S. The maximum Gasteiger partial charge on any atom is 0.333 e. The average Bonchev–Trinajstić information content (AvgIpc) is 3.54. The fourth-order valence-electron chi connectivity index (χ4n) is 5.92. The summed E-state index contributed by atoms with van der Waals surface area (Å²) in [6, 6.07) is 8.88. The van der Waals surface area contributed by atoms with Crippen LogP contribution in [-0.4, -0.2) is 64.7 Å². The van der Waals surface area contributed by atoms with Crippen LogP contribution in [0.4, 0.5) is 5.95 Å². The van der Waals surface area contributed by atoms with Crippen LogP contribution in [0.25, 0.3) is 5.57 Å². The second-order valence-electron chi connectivity index (χ2n) is 10.8. The maximum atomic E-state index is 10.5. The van der Waals surface area contributed by atoms with E-state index in [2.05, 4.69) is 54.4 Å². The Bertz CT molecular complexity index is 1400. The Morgan fingerprint density at radius 1 is 1.00 bits per heavy atom. The van der Waals surface area contributed by atoms with Gasteiger partial charge in [0.15, 0.2) is 0 Å². The normalized spacial score (nSPS) is 18.4. The van der Waals surface area contributed by atoms with Gasteiger partial charge in [-0.3, -0.25) is 4.18 Å². The largest absolute Gasteiger partial charge is 0.354 e. The fraction of sp³-hybridized carbons (Fsp3) is 0.517. The molecule has 0 unspecified atom stereocenters. The number of fused-ring (bicyclic) bond motifs is 2. The van der Waals surface area contributed by atoms with Crippen molar-refractivity contribution in [2.45, 2.75) is 64.0 Å². The van der Waals surface area contributed by atoms with Crippen LogP contribution >= 0.6 is 0 Å². The van der Waals surface area contributed by atoms with E-state index in [0.717, 1.165) is 89.4 Å².